The normalized spacial score (nSPS) is 10.9. The van der Waals surface area contributed by atoms with Crippen LogP contribution >= 0.6 is 15.9 Å². The molecule has 0 N–H and O–H groups in total. The minimum Gasteiger partial charge on any atom is -0.298 e. The fraction of sp³-hybridized carbons (Fsp3) is 0. The van der Waals surface area contributed by atoms with Crippen LogP contribution in [-0.4, -0.2) is 16.1 Å². The Morgan fingerprint density at radius 1 is 0.958 bits per heavy atom. The van der Waals surface area contributed by atoms with Crippen molar-refractivity contribution in [1.82, 2.24) is 9.78 Å². The summed E-state index contributed by atoms with van der Waals surface area (Å²) in [6, 6.07) is 5.73. The number of aromatic nitrogens is 2. The average molecular weight is 399 g/mol. The summed E-state index contributed by atoms with van der Waals surface area (Å²) in [5.41, 5.74) is -0.129. The van der Waals surface area contributed by atoms with Gasteiger partial charge in [0.05, 0.1) is 5.56 Å². The second kappa shape index (κ2) is 6.20. The molecule has 1 aromatic heterocycles. The van der Waals surface area contributed by atoms with Crippen LogP contribution < -0.4 is 0 Å². The van der Waals surface area contributed by atoms with Crippen molar-refractivity contribution in [2.24, 2.45) is 0 Å². The molecule has 3 rings (SSSR count). The lowest BCUT2D eigenvalue weighted by Gasteiger charge is -2.05. The van der Waals surface area contributed by atoms with Gasteiger partial charge in [-0.2, -0.15) is 5.10 Å². The van der Waals surface area contributed by atoms with E-state index in [0.717, 1.165) is 35.0 Å². The number of hydrogen-bond donors (Lipinski definition) is 0. The van der Waals surface area contributed by atoms with Crippen LogP contribution in [0.4, 0.5) is 17.6 Å². The largest absolute Gasteiger partial charge is 0.298 e. The smallest absolute Gasteiger partial charge is 0.159 e. The maximum atomic E-state index is 14.0. The number of carbonyl (C=O) groups excluding carboxylic acids is 1. The van der Waals surface area contributed by atoms with Crippen LogP contribution in [0.3, 0.4) is 0 Å². The van der Waals surface area contributed by atoms with Gasteiger partial charge in [0.15, 0.2) is 17.9 Å². The van der Waals surface area contributed by atoms with Gasteiger partial charge in [-0.1, -0.05) is 0 Å². The summed E-state index contributed by atoms with van der Waals surface area (Å²) >= 11 is 3.10. The highest BCUT2D eigenvalue weighted by Gasteiger charge is 2.21. The third-order valence-electron chi connectivity index (χ3n) is 3.31. The predicted octanol–water partition coefficient (Wildman–Crippen LogP) is 4.67. The summed E-state index contributed by atoms with van der Waals surface area (Å²) < 4.78 is 54.9. The van der Waals surface area contributed by atoms with Crippen LogP contribution in [0.25, 0.3) is 16.9 Å². The predicted molar refractivity (Wildman–Crippen MR) is 81.9 cm³/mol. The zero-order valence-corrected chi connectivity index (χ0v) is 13.3. The highest BCUT2D eigenvalue weighted by molar-refractivity contribution is 9.10. The SMILES string of the molecule is O=Cc1c(-c2ccc(F)c(F)c2)nn(-c2cc(F)ccc2F)c1Br. The molecule has 0 aliphatic heterocycles. The zero-order chi connectivity index (χ0) is 17.4. The quantitative estimate of drug-likeness (QED) is 0.474. The van der Waals surface area contributed by atoms with E-state index in [1.807, 2.05) is 0 Å². The molecule has 8 heteroatoms. The molecule has 0 saturated carbocycles. The molecule has 2 aromatic carbocycles. The molecule has 0 amide bonds. The summed E-state index contributed by atoms with van der Waals surface area (Å²) in [6.45, 7) is 0. The van der Waals surface area contributed by atoms with Crippen molar-refractivity contribution in [3.8, 4) is 16.9 Å². The summed E-state index contributed by atoms with van der Waals surface area (Å²) in [6.07, 6.45) is 0.432. The van der Waals surface area contributed by atoms with Crippen LogP contribution in [0.1, 0.15) is 10.4 Å². The van der Waals surface area contributed by atoms with E-state index in [4.69, 9.17) is 0 Å². The van der Waals surface area contributed by atoms with Gasteiger partial charge in [-0.25, -0.2) is 22.2 Å². The van der Waals surface area contributed by atoms with Gasteiger partial charge < -0.3 is 0 Å². The van der Waals surface area contributed by atoms with E-state index in [-0.39, 0.29) is 27.1 Å². The Labute approximate surface area is 141 Å². The lowest BCUT2D eigenvalue weighted by atomic mass is 10.1. The number of aldehydes is 1. The van der Waals surface area contributed by atoms with Gasteiger partial charge in [-0.3, -0.25) is 4.79 Å². The van der Waals surface area contributed by atoms with Crippen molar-refractivity contribution in [2.45, 2.75) is 0 Å². The van der Waals surface area contributed by atoms with Gasteiger partial charge in [0.1, 0.15) is 27.6 Å². The molecular weight excluding hydrogens is 392 g/mol. The second-order valence-corrected chi connectivity index (χ2v) is 5.56. The highest BCUT2D eigenvalue weighted by Crippen LogP contribution is 2.31. The molecule has 0 fully saturated rings. The molecule has 0 atom stereocenters. The maximum absolute atomic E-state index is 14.0. The summed E-state index contributed by atoms with van der Waals surface area (Å²) in [7, 11) is 0. The Kier molecular flexibility index (Phi) is 4.23. The Hall–Kier alpha value is -2.48. The minimum atomic E-state index is -1.12. The summed E-state index contributed by atoms with van der Waals surface area (Å²) in [5, 5.41) is 4.04. The molecule has 0 bridgehead atoms. The first kappa shape index (κ1) is 16.4. The number of rotatable bonds is 3. The number of halogens is 5. The first-order chi connectivity index (χ1) is 11.4. The van der Waals surface area contributed by atoms with Gasteiger partial charge in [0, 0.05) is 11.6 Å². The monoisotopic (exact) mass is 398 g/mol. The molecule has 1 heterocycles. The van der Waals surface area contributed by atoms with E-state index >= 15 is 0 Å². The number of nitrogens with zero attached hydrogens (tertiary/aromatic N) is 2. The van der Waals surface area contributed by atoms with Crippen LogP contribution in [-0.2, 0) is 0 Å². The van der Waals surface area contributed by atoms with Gasteiger partial charge in [-0.15, -0.1) is 0 Å². The van der Waals surface area contributed by atoms with Crippen molar-refractivity contribution in [2.75, 3.05) is 0 Å². The van der Waals surface area contributed by atoms with E-state index in [1.54, 1.807) is 0 Å². The van der Waals surface area contributed by atoms with Crippen LogP contribution in [0.2, 0.25) is 0 Å². The van der Waals surface area contributed by atoms with E-state index in [1.165, 1.54) is 6.07 Å². The summed E-state index contributed by atoms with van der Waals surface area (Å²) in [4.78, 5) is 11.4. The first-order valence-electron chi connectivity index (χ1n) is 6.57. The Morgan fingerprint density at radius 3 is 2.33 bits per heavy atom. The topological polar surface area (TPSA) is 34.9 Å². The van der Waals surface area contributed by atoms with Crippen LogP contribution in [0.15, 0.2) is 41.0 Å². The molecule has 3 aromatic rings. The molecule has 0 spiro atoms. The van der Waals surface area contributed by atoms with Crippen molar-refractivity contribution < 1.29 is 22.4 Å². The number of benzene rings is 2. The number of carbonyl (C=O) groups is 1. The van der Waals surface area contributed by atoms with Crippen LogP contribution in [0.5, 0.6) is 0 Å². The van der Waals surface area contributed by atoms with Gasteiger partial charge >= 0.3 is 0 Å². The van der Waals surface area contributed by atoms with E-state index in [2.05, 4.69) is 21.0 Å². The number of hydrogen-bond acceptors (Lipinski definition) is 2. The van der Waals surface area contributed by atoms with Gasteiger partial charge in [-0.05, 0) is 46.3 Å². The van der Waals surface area contributed by atoms with Crippen molar-refractivity contribution in [3.63, 3.8) is 0 Å². The molecule has 3 nitrogen and oxygen atoms in total. The minimum absolute atomic E-state index is 0.000522. The van der Waals surface area contributed by atoms with Crippen molar-refractivity contribution in [1.29, 1.82) is 0 Å². The molecule has 0 saturated heterocycles. The maximum Gasteiger partial charge on any atom is 0.159 e. The van der Waals surface area contributed by atoms with E-state index in [0.29, 0.717) is 6.29 Å². The molecule has 0 unspecified atom stereocenters. The van der Waals surface area contributed by atoms with E-state index in [9.17, 15) is 22.4 Å². The fourth-order valence-electron chi connectivity index (χ4n) is 2.18. The van der Waals surface area contributed by atoms with Crippen LogP contribution in [0, 0.1) is 23.3 Å². The zero-order valence-electron chi connectivity index (χ0n) is 11.7. The Morgan fingerprint density at radius 2 is 1.67 bits per heavy atom. The third-order valence-corrected chi connectivity index (χ3v) is 4.07. The Bertz CT molecular complexity index is 955. The summed E-state index contributed by atoms with van der Waals surface area (Å²) in [5.74, 6) is -3.64. The molecule has 24 heavy (non-hydrogen) atoms. The van der Waals surface area contributed by atoms with Gasteiger partial charge in [0.2, 0.25) is 0 Å². The van der Waals surface area contributed by atoms with Gasteiger partial charge in [0.25, 0.3) is 0 Å². The lowest BCUT2D eigenvalue weighted by Crippen LogP contribution is -2.01. The standard InChI is InChI=1S/C16H7BrF4N2O/c17-16-10(7-24)15(8-1-3-11(19)13(21)5-8)22-23(16)14-6-9(18)2-4-12(14)20/h1-7H. The van der Waals surface area contributed by atoms with Crippen molar-refractivity contribution >= 4 is 22.2 Å². The molecule has 122 valence electrons. The third kappa shape index (κ3) is 2.73. The molecular formula is C16H7BrF4N2O. The van der Waals surface area contributed by atoms with E-state index < -0.39 is 23.3 Å². The lowest BCUT2D eigenvalue weighted by molar-refractivity contribution is 0.112. The Balaban J connectivity index is 2.24. The molecule has 0 aliphatic rings. The highest BCUT2D eigenvalue weighted by atomic mass is 79.9. The molecule has 0 radical (unpaired) electrons. The fourth-order valence-corrected chi connectivity index (χ4v) is 2.73. The average Bonchev–Trinajstić information content (AvgIpc) is 2.89. The van der Waals surface area contributed by atoms with Crippen molar-refractivity contribution in [3.05, 3.63) is 69.8 Å². The molecule has 0 aliphatic carbocycles. The second-order valence-electron chi connectivity index (χ2n) is 4.81. The first-order valence-corrected chi connectivity index (χ1v) is 7.36.